The molecule has 0 aliphatic heterocycles. The predicted molar refractivity (Wildman–Crippen MR) is 111 cm³/mol. The monoisotopic (exact) mass is 394 g/mol. The number of fused-ring (bicyclic) bond motifs is 1. The smallest absolute Gasteiger partial charge is 0.143 e. The van der Waals surface area contributed by atoms with Crippen LogP contribution in [0.25, 0.3) is 22.0 Å². The molecule has 0 amide bonds. The van der Waals surface area contributed by atoms with E-state index >= 15 is 0 Å². The van der Waals surface area contributed by atoms with Gasteiger partial charge in [0.05, 0.1) is 24.8 Å². The number of carbonyl (C=O) groups excluding carboxylic acids is 1. The van der Waals surface area contributed by atoms with E-state index in [-0.39, 0.29) is 24.8 Å². The number of alkyl halides is 1. The number of hydrogen-bond donors (Lipinski definition) is 0. The van der Waals surface area contributed by atoms with Crippen molar-refractivity contribution in [3.63, 3.8) is 0 Å². The van der Waals surface area contributed by atoms with E-state index in [1.807, 2.05) is 37.6 Å². The zero-order chi connectivity index (χ0) is 20.2. The maximum atomic E-state index is 12.8. The number of Topliss-reactive ketones (excluding diaryl/α,β-unsaturated/α-hetero) is 1. The molecule has 5 nitrogen and oxygen atoms in total. The fraction of sp³-hybridized carbons (Fsp3) is 0.478. The van der Waals surface area contributed by atoms with Gasteiger partial charge >= 0.3 is 0 Å². The lowest BCUT2D eigenvalue weighted by molar-refractivity contribution is -0.123. The summed E-state index contributed by atoms with van der Waals surface area (Å²) in [4.78, 5) is 21.8. The number of benzene rings is 1. The van der Waals surface area contributed by atoms with Crippen molar-refractivity contribution in [2.75, 3.05) is 6.67 Å². The van der Waals surface area contributed by atoms with Crippen LogP contribution in [0.15, 0.2) is 36.8 Å². The molecule has 1 fully saturated rings. The molecule has 4 rings (SSSR count). The topological polar surface area (TPSA) is 60.7 Å². The lowest BCUT2D eigenvalue weighted by Crippen LogP contribution is -2.24. The summed E-state index contributed by atoms with van der Waals surface area (Å²) in [6.45, 7) is -0.235. The lowest BCUT2D eigenvalue weighted by atomic mass is 9.78. The normalized spacial score (nSPS) is 19.5. The minimum absolute atomic E-state index is 0.0950. The van der Waals surface area contributed by atoms with Crippen molar-refractivity contribution in [1.29, 1.82) is 0 Å². The van der Waals surface area contributed by atoms with Gasteiger partial charge in [0.25, 0.3) is 0 Å². The number of aromatic nitrogens is 4. The maximum absolute atomic E-state index is 12.8. The second-order valence-electron chi connectivity index (χ2n) is 8.15. The molecule has 1 saturated carbocycles. The van der Waals surface area contributed by atoms with Crippen molar-refractivity contribution < 1.29 is 9.18 Å². The van der Waals surface area contributed by atoms with Crippen LogP contribution >= 0.6 is 0 Å². The first-order valence-electron chi connectivity index (χ1n) is 10.5. The second-order valence-corrected chi connectivity index (χ2v) is 8.15. The van der Waals surface area contributed by atoms with Crippen LogP contribution < -0.4 is 0 Å². The highest BCUT2D eigenvalue weighted by Gasteiger charge is 2.26. The number of hydrogen-bond acceptors (Lipinski definition) is 4. The summed E-state index contributed by atoms with van der Waals surface area (Å²) < 4.78 is 14.1. The summed E-state index contributed by atoms with van der Waals surface area (Å²) in [6, 6.07) is 6.06. The molecule has 0 bridgehead atoms. The Hall–Kier alpha value is -2.63. The zero-order valence-corrected chi connectivity index (χ0v) is 16.9. The predicted octanol–water partition coefficient (Wildman–Crippen LogP) is 4.70. The Kier molecular flexibility index (Phi) is 5.97. The van der Waals surface area contributed by atoms with Crippen LogP contribution in [0.5, 0.6) is 0 Å². The summed E-state index contributed by atoms with van der Waals surface area (Å²) in [7, 11) is 1.89. The number of carbonyl (C=O) groups is 1. The second kappa shape index (κ2) is 8.80. The summed E-state index contributed by atoms with van der Waals surface area (Å²) in [5, 5.41) is 5.18. The molecule has 0 N–H and O–H groups in total. The minimum Gasteiger partial charge on any atom is -0.299 e. The van der Waals surface area contributed by atoms with Gasteiger partial charge in [0, 0.05) is 36.3 Å². The van der Waals surface area contributed by atoms with Crippen molar-refractivity contribution in [2.45, 2.75) is 44.9 Å². The number of ketones is 1. The third-order valence-corrected chi connectivity index (χ3v) is 6.05. The quantitative estimate of drug-likeness (QED) is 0.583. The third kappa shape index (κ3) is 4.69. The van der Waals surface area contributed by atoms with Gasteiger partial charge in [-0.3, -0.25) is 13.9 Å². The van der Waals surface area contributed by atoms with Crippen LogP contribution in [0.1, 0.15) is 44.3 Å². The van der Waals surface area contributed by atoms with Gasteiger partial charge < -0.3 is 0 Å². The van der Waals surface area contributed by atoms with Crippen molar-refractivity contribution in [1.82, 2.24) is 19.7 Å². The maximum Gasteiger partial charge on any atom is 0.143 e. The first-order valence-corrected chi connectivity index (χ1v) is 10.5. The Morgan fingerprint density at radius 1 is 1.17 bits per heavy atom. The Labute approximate surface area is 170 Å². The molecule has 0 radical (unpaired) electrons. The Morgan fingerprint density at radius 3 is 2.72 bits per heavy atom. The van der Waals surface area contributed by atoms with E-state index in [4.69, 9.17) is 0 Å². The van der Waals surface area contributed by atoms with E-state index in [0.29, 0.717) is 18.2 Å². The standard InChI is InChI=1S/C23H27FN4O/c1-28-15-20(14-26-28)18-8-9-19-13-25-23(27-21(19)11-18)12-22(29)17-6-4-16(5-7-17)3-2-10-24/h8-9,11,13-17H,2-7,10,12H2,1H3. The molecule has 29 heavy (non-hydrogen) atoms. The molecule has 152 valence electrons. The van der Waals surface area contributed by atoms with Crippen LogP contribution in [0.3, 0.4) is 0 Å². The first-order chi connectivity index (χ1) is 14.1. The van der Waals surface area contributed by atoms with Gasteiger partial charge in [0.15, 0.2) is 0 Å². The Balaban J connectivity index is 1.43. The van der Waals surface area contributed by atoms with Crippen molar-refractivity contribution in [3.8, 4) is 11.1 Å². The number of rotatable bonds is 7. The van der Waals surface area contributed by atoms with Gasteiger partial charge in [-0.15, -0.1) is 0 Å². The largest absolute Gasteiger partial charge is 0.299 e. The average Bonchev–Trinajstić information content (AvgIpc) is 3.18. The minimum atomic E-state index is -0.235. The average molecular weight is 394 g/mol. The van der Waals surface area contributed by atoms with Crippen LogP contribution in [0, 0.1) is 11.8 Å². The highest BCUT2D eigenvalue weighted by atomic mass is 19.1. The Bertz CT molecular complexity index is 991. The molecule has 0 saturated heterocycles. The lowest BCUT2D eigenvalue weighted by Gasteiger charge is -2.27. The molecule has 2 aromatic heterocycles. The van der Waals surface area contributed by atoms with Gasteiger partial charge in [-0.25, -0.2) is 9.97 Å². The van der Waals surface area contributed by atoms with Gasteiger partial charge in [0.2, 0.25) is 0 Å². The third-order valence-electron chi connectivity index (χ3n) is 6.05. The molecule has 0 unspecified atom stereocenters. The molecule has 0 spiro atoms. The SMILES string of the molecule is Cn1cc(-c2ccc3cnc(CC(=O)C4CCC(CCCF)CC4)nc3c2)cn1. The molecule has 3 aromatic rings. The van der Waals surface area contributed by atoms with E-state index in [0.717, 1.165) is 54.1 Å². The summed E-state index contributed by atoms with van der Waals surface area (Å²) in [5.41, 5.74) is 2.93. The zero-order valence-electron chi connectivity index (χ0n) is 16.9. The molecule has 6 heteroatoms. The van der Waals surface area contributed by atoms with Gasteiger partial charge in [-0.1, -0.05) is 12.1 Å². The fourth-order valence-electron chi connectivity index (χ4n) is 4.34. The van der Waals surface area contributed by atoms with Crippen LogP contribution in [0.2, 0.25) is 0 Å². The molecule has 1 aliphatic rings. The summed E-state index contributed by atoms with van der Waals surface area (Å²) >= 11 is 0. The van der Waals surface area contributed by atoms with E-state index in [2.05, 4.69) is 15.1 Å². The number of halogens is 1. The fourth-order valence-corrected chi connectivity index (χ4v) is 4.34. The number of nitrogens with zero attached hydrogens (tertiary/aromatic N) is 4. The van der Waals surface area contributed by atoms with Gasteiger partial charge in [0.1, 0.15) is 11.6 Å². The highest BCUT2D eigenvalue weighted by molar-refractivity contribution is 5.85. The molecule has 1 aromatic carbocycles. The Morgan fingerprint density at radius 2 is 2.00 bits per heavy atom. The molecule has 2 heterocycles. The van der Waals surface area contributed by atoms with E-state index in [1.54, 1.807) is 10.9 Å². The molecule has 0 atom stereocenters. The van der Waals surface area contributed by atoms with Crippen molar-refractivity contribution in [2.24, 2.45) is 18.9 Å². The summed E-state index contributed by atoms with van der Waals surface area (Å²) in [5.74, 6) is 1.50. The van der Waals surface area contributed by atoms with E-state index in [9.17, 15) is 9.18 Å². The van der Waals surface area contributed by atoms with E-state index < -0.39 is 0 Å². The molecular weight excluding hydrogens is 367 g/mol. The van der Waals surface area contributed by atoms with Gasteiger partial charge in [-0.2, -0.15) is 5.10 Å². The molecular formula is C23H27FN4O. The van der Waals surface area contributed by atoms with Crippen molar-refractivity contribution >= 4 is 16.7 Å². The summed E-state index contributed by atoms with van der Waals surface area (Å²) in [6.07, 6.45) is 11.4. The van der Waals surface area contributed by atoms with E-state index in [1.165, 1.54) is 0 Å². The molecule has 1 aliphatic carbocycles. The van der Waals surface area contributed by atoms with Crippen LogP contribution in [0.4, 0.5) is 4.39 Å². The van der Waals surface area contributed by atoms with Crippen LogP contribution in [-0.2, 0) is 18.3 Å². The number of aryl methyl sites for hydroxylation is 1. The first kappa shape index (κ1) is 19.7. The highest BCUT2D eigenvalue weighted by Crippen LogP contribution is 2.32. The van der Waals surface area contributed by atoms with Gasteiger partial charge in [-0.05, 0) is 56.1 Å². The van der Waals surface area contributed by atoms with Crippen molar-refractivity contribution in [3.05, 3.63) is 42.6 Å². The van der Waals surface area contributed by atoms with Crippen LogP contribution in [-0.4, -0.2) is 32.2 Å².